The van der Waals surface area contributed by atoms with Crippen molar-refractivity contribution in [3.05, 3.63) is 12.2 Å². The van der Waals surface area contributed by atoms with Crippen molar-refractivity contribution in [2.75, 3.05) is 11.5 Å². The number of rotatable bonds is 20. The van der Waals surface area contributed by atoms with Crippen LogP contribution in [0.15, 0.2) is 12.2 Å². The highest BCUT2D eigenvalue weighted by Gasteiger charge is 2.17. The Balaban J connectivity index is 3.32. The van der Waals surface area contributed by atoms with Gasteiger partial charge in [-0.05, 0) is 37.9 Å². The SMILES string of the molecule is CCCCCCCCC=CCCCCCCCCSC[C@H](NC(C)=O)C(=O)O. The first-order valence-corrected chi connectivity index (χ1v) is 12.5. The molecule has 1 amide bonds. The molecule has 0 aliphatic carbocycles. The molecule has 164 valence electrons. The maximum atomic E-state index is 11.0. The molecule has 0 radical (unpaired) electrons. The van der Waals surface area contributed by atoms with E-state index in [-0.39, 0.29) is 5.91 Å². The summed E-state index contributed by atoms with van der Waals surface area (Å²) >= 11 is 1.61. The highest BCUT2D eigenvalue weighted by molar-refractivity contribution is 7.99. The van der Waals surface area contributed by atoms with E-state index in [9.17, 15) is 9.59 Å². The number of thioether (sulfide) groups is 1. The molecule has 0 rings (SSSR count). The first kappa shape index (κ1) is 27.0. The molecule has 2 N–H and O–H groups in total. The summed E-state index contributed by atoms with van der Waals surface area (Å²) in [6.07, 6.45) is 22.9. The number of carboxylic acids is 1. The summed E-state index contributed by atoms with van der Waals surface area (Å²) < 4.78 is 0. The Morgan fingerprint density at radius 3 is 1.86 bits per heavy atom. The summed E-state index contributed by atoms with van der Waals surface area (Å²) in [6, 6.07) is -0.767. The van der Waals surface area contributed by atoms with E-state index in [1.165, 1.54) is 90.4 Å². The first-order valence-electron chi connectivity index (χ1n) is 11.3. The molecule has 0 saturated heterocycles. The van der Waals surface area contributed by atoms with Gasteiger partial charge >= 0.3 is 5.97 Å². The van der Waals surface area contributed by atoms with Crippen LogP contribution in [0.5, 0.6) is 0 Å². The molecule has 28 heavy (non-hydrogen) atoms. The predicted octanol–water partition coefficient (Wildman–Crippen LogP) is 6.35. The summed E-state index contributed by atoms with van der Waals surface area (Å²) in [5.41, 5.74) is 0. The first-order chi connectivity index (χ1) is 13.6. The van der Waals surface area contributed by atoms with Gasteiger partial charge in [-0.15, -0.1) is 0 Å². The van der Waals surface area contributed by atoms with Crippen LogP contribution >= 0.6 is 11.8 Å². The summed E-state index contributed by atoms with van der Waals surface area (Å²) in [4.78, 5) is 22.0. The highest BCUT2D eigenvalue weighted by atomic mass is 32.2. The van der Waals surface area contributed by atoms with Crippen molar-refractivity contribution in [3.63, 3.8) is 0 Å². The Hall–Kier alpha value is -0.970. The maximum absolute atomic E-state index is 11.0. The summed E-state index contributed by atoms with van der Waals surface area (Å²) in [5, 5.41) is 11.5. The van der Waals surface area contributed by atoms with Crippen LogP contribution in [0.3, 0.4) is 0 Å². The second kappa shape index (κ2) is 20.8. The second-order valence-electron chi connectivity index (χ2n) is 7.60. The molecule has 4 nitrogen and oxygen atoms in total. The van der Waals surface area contributed by atoms with E-state index in [0.29, 0.717) is 5.75 Å². The van der Waals surface area contributed by atoms with Crippen molar-refractivity contribution in [2.45, 2.75) is 110 Å². The van der Waals surface area contributed by atoms with Crippen LogP contribution < -0.4 is 5.32 Å². The van der Waals surface area contributed by atoms with Gasteiger partial charge in [-0.2, -0.15) is 11.8 Å². The molecule has 0 saturated carbocycles. The Labute approximate surface area is 177 Å². The number of carbonyl (C=O) groups is 2. The zero-order chi connectivity index (χ0) is 20.9. The van der Waals surface area contributed by atoms with E-state index in [0.717, 1.165) is 12.2 Å². The van der Waals surface area contributed by atoms with Gasteiger partial charge in [-0.25, -0.2) is 4.79 Å². The Morgan fingerprint density at radius 1 is 0.857 bits per heavy atom. The normalized spacial score (nSPS) is 12.4. The minimum absolute atomic E-state index is 0.287. The highest BCUT2D eigenvalue weighted by Crippen LogP contribution is 2.12. The third-order valence-corrected chi connectivity index (χ3v) is 5.91. The van der Waals surface area contributed by atoms with Gasteiger partial charge in [0.25, 0.3) is 0 Å². The van der Waals surface area contributed by atoms with Gasteiger partial charge in [0.2, 0.25) is 5.91 Å². The molecule has 0 bridgehead atoms. The lowest BCUT2D eigenvalue weighted by Gasteiger charge is -2.12. The zero-order valence-corrected chi connectivity index (χ0v) is 19.0. The minimum atomic E-state index is -0.955. The number of hydrogen-bond donors (Lipinski definition) is 2. The van der Waals surface area contributed by atoms with Crippen LogP contribution in [0.1, 0.15) is 104 Å². The fraction of sp³-hybridized carbons (Fsp3) is 0.826. The Morgan fingerprint density at radius 2 is 1.36 bits per heavy atom. The van der Waals surface area contributed by atoms with Gasteiger partial charge in [0.1, 0.15) is 6.04 Å². The molecule has 0 spiro atoms. The maximum Gasteiger partial charge on any atom is 0.327 e. The van der Waals surface area contributed by atoms with Crippen molar-refractivity contribution in [1.29, 1.82) is 0 Å². The van der Waals surface area contributed by atoms with Gasteiger partial charge in [0.15, 0.2) is 0 Å². The molecule has 0 aromatic heterocycles. The standard InChI is InChI=1S/C23H43NO3S/c1-3-4-5-6-7-8-9-10-11-12-13-14-15-16-17-18-19-28-20-22(23(26)27)24-21(2)25/h10-11,22H,3-9,12-20H2,1-2H3,(H,24,25)(H,26,27)/t22-/m0/s1. The van der Waals surface area contributed by atoms with Crippen molar-refractivity contribution in [3.8, 4) is 0 Å². The van der Waals surface area contributed by atoms with Crippen LogP contribution in [0, 0.1) is 0 Å². The van der Waals surface area contributed by atoms with E-state index in [2.05, 4.69) is 24.4 Å². The van der Waals surface area contributed by atoms with E-state index in [1.807, 2.05) is 0 Å². The third kappa shape index (κ3) is 19.8. The molecule has 0 heterocycles. The average Bonchev–Trinajstić information content (AvgIpc) is 2.65. The molecule has 0 aromatic carbocycles. The van der Waals surface area contributed by atoms with E-state index < -0.39 is 12.0 Å². The average molecular weight is 414 g/mol. The van der Waals surface area contributed by atoms with Crippen LogP contribution in [0.2, 0.25) is 0 Å². The van der Waals surface area contributed by atoms with Crippen molar-refractivity contribution >= 4 is 23.6 Å². The number of nitrogens with one attached hydrogen (secondary N) is 1. The van der Waals surface area contributed by atoms with Crippen LogP contribution in [0.25, 0.3) is 0 Å². The third-order valence-electron chi connectivity index (χ3n) is 4.76. The largest absolute Gasteiger partial charge is 0.480 e. The predicted molar refractivity (Wildman–Crippen MR) is 122 cm³/mol. The fourth-order valence-corrected chi connectivity index (χ4v) is 4.11. The quantitative estimate of drug-likeness (QED) is 0.180. The van der Waals surface area contributed by atoms with E-state index >= 15 is 0 Å². The fourth-order valence-electron chi connectivity index (χ4n) is 3.07. The van der Waals surface area contributed by atoms with Gasteiger partial charge in [-0.3, -0.25) is 4.79 Å². The van der Waals surface area contributed by atoms with Crippen LogP contribution in [0.4, 0.5) is 0 Å². The number of carbonyl (C=O) groups excluding carboxylic acids is 1. The van der Waals surface area contributed by atoms with Crippen molar-refractivity contribution < 1.29 is 14.7 Å². The molecule has 0 aromatic rings. The summed E-state index contributed by atoms with van der Waals surface area (Å²) in [7, 11) is 0. The Bertz CT molecular complexity index is 413. The molecule has 0 unspecified atom stereocenters. The van der Waals surface area contributed by atoms with Crippen molar-refractivity contribution in [1.82, 2.24) is 5.32 Å². The Kier molecular flexibility index (Phi) is 20.0. The van der Waals surface area contributed by atoms with Crippen LogP contribution in [-0.4, -0.2) is 34.5 Å². The van der Waals surface area contributed by atoms with Crippen molar-refractivity contribution in [2.24, 2.45) is 0 Å². The van der Waals surface area contributed by atoms with E-state index in [4.69, 9.17) is 5.11 Å². The minimum Gasteiger partial charge on any atom is -0.480 e. The lowest BCUT2D eigenvalue weighted by atomic mass is 10.1. The number of allylic oxidation sites excluding steroid dienone is 2. The second-order valence-corrected chi connectivity index (χ2v) is 8.75. The lowest BCUT2D eigenvalue weighted by molar-refractivity contribution is -0.140. The van der Waals surface area contributed by atoms with E-state index in [1.54, 1.807) is 11.8 Å². The van der Waals surface area contributed by atoms with Gasteiger partial charge in [0.05, 0.1) is 0 Å². The monoisotopic (exact) mass is 413 g/mol. The molecular formula is C23H43NO3S. The molecule has 0 fully saturated rings. The number of amides is 1. The number of unbranched alkanes of at least 4 members (excludes halogenated alkanes) is 12. The van der Waals surface area contributed by atoms with Crippen LogP contribution in [-0.2, 0) is 9.59 Å². The molecule has 5 heteroatoms. The lowest BCUT2D eigenvalue weighted by Crippen LogP contribution is -2.41. The number of aliphatic carboxylic acids is 1. The number of hydrogen-bond acceptors (Lipinski definition) is 3. The number of carboxylic acid groups (broad SMARTS) is 1. The van der Waals surface area contributed by atoms with Gasteiger partial charge in [-0.1, -0.05) is 76.9 Å². The zero-order valence-electron chi connectivity index (χ0n) is 18.2. The molecule has 1 atom stereocenters. The summed E-state index contributed by atoms with van der Waals surface area (Å²) in [5.74, 6) is 0.166. The van der Waals surface area contributed by atoms with Gasteiger partial charge < -0.3 is 10.4 Å². The molecular weight excluding hydrogens is 370 g/mol. The summed E-state index contributed by atoms with van der Waals surface area (Å²) in [6.45, 7) is 3.62. The van der Waals surface area contributed by atoms with Gasteiger partial charge in [0, 0.05) is 12.7 Å². The molecule has 0 aliphatic heterocycles. The molecule has 0 aliphatic rings. The topological polar surface area (TPSA) is 66.4 Å². The smallest absolute Gasteiger partial charge is 0.327 e.